The first kappa shape index (κ1) is 16.0. The summed E-state index contributed by atoms with van der Waals surface area (Å²) in [5.74, 6) is -0.0826. The first-order chi connectivity index (χ1) is 10.6. The third-order valence-electron chi connectivity index (χ3n) is 3.01. The van der Waals surface area contributed by atoms with Gasteiger partial charge in [-0.15, -0.1) is 11.3 Å². The number of thiophene rings is 1. The number of carbonyl (C=O) groups excluding carboxylic acids is 2. The molecule has 2 aromatic rings. The molecule has 1 N–H and O–H groups in total. The van der Waals surface area contributed by atoms with E-state index in [-0.39, 0.29) is 12.5 Å². The number of rotatable bonds is 6. The standard InChI is InChI=1S/C16H17NO4S/c1-11-6-7-22-15(11)16(19)21-10-14(18)17-9-12-4-3-5-13(8-12)20-2/h3-8H,9-10H2,1-2H3,(H,17,18). The zero-order chi connectivity index (χ0) is 15.9. The number of nitrogens with one attached hydrogen (secondary N) is 1. The number of ether oxygens (including phenoxy) is 2. The normalized spacial score (nSPS) is 10.1. The average molecular weight is 319 g/mol. The zero-order valence-electron chi connectivity index (χ0n) is 12.4. The molecule has 0 saturated heterocycles. The highest BCUT2D eigenvalue weighted by atomic mass is 32.1. The van der Waals surface area contributed by atoms with E-state index in [1.54, 1.807) is 7.11 Å². The molecule has 0 aliphatic rings. The number of benzene rings is 1. The third kappa shape index (κ3) is 4.33. The summed E-state index contributed by atoms with van der Waals surface area (Å²) in [6, 6.07) is 9.23. The highest BCUT2D eigenvalue weighted by Gasteiger charge is 2.13. The number of hydrogen-bond donors (Lipinski definition) is 1. The molecule has 116 valence electrons. The topological polar surface area (TPSA) is 64.6 Å². The Morgan fingerprint density at radius 2 is 2.09 bits per heavy atom. The van der Waals surface area contributed by atoms with Crippen molar-refractivity contribution in [3.8, 4) is 5.75 Å². The Morgan fingerprint density at radius 1 is 1.27 bits per heavy atom. The third-order valence-corrected chi connectivity index (χ3v) is 4.00. The fourth-order valence-electron chi connectivity index (χ4n) is 1.81. The molecule has 0 atom stereocenters. The molecule has 2 rings (SSSR count). The smallest absolute Gasteiger partial charge is 0.349 e. The van der Waals surface area contributed by atoms with Crippen LogP contribution in [-0.4, -0.2) is 25.6 Å². The summed E-state index contributed by atoms with van der Waals surface area (Å²) in [5.41, 5.74) is 1.76. The van der Waals surface area contributed by atoms with Crippen molar-refractivity contribution in [3.63, 3.8) is 0 Å². The molecule has 0 saturated carbocycles. The minimum absolute atomic E-state index is 0.292. The van der Waals surface area contributed by atoms with Gasteiger partial charge in [-0.1, -0.05) is 12.1 Å². The summed E-state index contributed by atoms with van der Waals surface area (Å²) < 4.78 is 10.1. The van der Waals surface area contributed by atoms with Gasteiger partial charge in [-0.05, 0) is 41.6 Å². The van der Waals surface area contributed by atoms with E-state index in [4.69, 9.17) is 9.47 Å². The van der Waals surface area contributed by atoms with E-state index < -0.39 is 5.97 Å². The van der Waals surface area contributed by atoms with E-state index in [2.05, 4.69) is 5.32 Å². The molecule has 0 aliphatic carbocycles. The molecule has 1 aromatic heterocycles. The van der Waals surface area contributed by atoms with Gasteiger partial charge in [0.05, 0.1) is 7.11 Å². The quantitative estimate of drug-likeness (QED) is 0.831. The molecule has 22 heavy (non-hydrogen) atoms. The van der Waals surface area contributed by atoms with E-state index in [0.717, 1.165) is 16.9 Å². The van der Waals surface area contributed by atoms with Crippen LogP contribution in [0.15, 0.2) is 35.7 Å². The first-order valence-electron chi connectivity index (χ1n) is 6.71. The van der Waals surface area contributed by atoms with Crippen LogP contribution < -0.4 is 10.1 Å². The van der Waals surface area contributed by atoms with E-state index in [0.29, 0.717) is 11.4 Å². The molecule has 0 fully saturated rings. The SMILES string of the molecule is COc1cccc(CNC(=O)COC(=O)c2sccc2C)c1. The minimum atomic E-state index is -0.468. The van der Waals surface area contributed by atoms with Gasteiger partial charge >= 0.3 is 5.97 Å². The predicted molar refractivity (Wildman–Crippen MR) is 84.2 cm³/mol. The summed E-state index contributed by atoms with van der Waals surface area (Å²) in [6.07, 6.45) is 0. The van der Waals surface area contributed by atoms with Gasteiger partial charge in [0.15, 0.2) is 6.61 Å². The summed E-state index contributed by atoms with van der Waals surface area (Å²) in [6.45, 7) is 1.89. The molecule has 0 bridgehead atoms. The van der Waals surface area contributed by atoms with E-state index in [9.17, 15) is 9.59 Å². The lowest BCUT2D eigenvalue weighted by atomic mass is 10.2. The fourth-order valence-corrected chi connectivity index (χ4v) is 2.63. The molecular weight excluding hydrogens is 302 g/mol. The van der Waals surface area contributed by atoms with E-state index >= 15 is 0 Å². The number of aryl methyl sites for hydroxylation is 1. The van der Waals surface area contributed by atoms with E-state index in [1.165, 1.54) is 11.3 Å². The van der Waals surface area contributed by atoms with Crippen LogP contribution in [0.1, 0.15) is 20.8 Å². The van der Waals surface area contributed by atoms with Gasteiger partial charge in [0, 0.05) is 6.54 Å². The number of amides is 1. The van der Waals surface area contributed by atoms with Crippen molar-refractivity contribution in [3.05, 3.63) is 51.7 Å². The molecule has 1 aromatic carbocycles. The summed E-state index contributed by atoms with van der Waals surface area (Å²) in [7, 11) is 1.59. The van der Waals surface area contributed by atoms with E-state index in [1.807, 2.05) is 42.6 Å². The number of hydrogen-bond acceptors (Lipinski definition) is 5. The average Bonchev–Trinajstić information content (AvgIpc) is 2.97. The molecule has 0 unspecified atom stereocenters. The maximum Gasteiger partial charge on any atom is 0.349 e. The predicted octanol–water partition coefficient (Wildman–Crippen LogP) is 2.54. The van der Waals surface area contributed by atoms with Gasteiger partial charge in [0.1, 0.15) is 10.6 Å². The van der Waals surface area contributed by atoms with Crippen molar-refractivity contribution >= 4 is 23.2 Å². The molecule has 5 nitrogen and oxygen atoms in total. The molecule has 0 spiro atoms. The Kier molecular flexibility index (Phi) is 5.55. The lowest BCUT2D eigenvalue weighted by Crippen LogP contribution is -2.28. The zero-order valence-corrected chi connectivity index (χ0v) is 13.2. The molecule has 0 aliphatic heterocycles. The Bertz CT molecular complexity index is 666. The lowest BCUT2D eigenvalue weighted by molar-refractivity contribution is -0.124. The van der Waals surface area contributed by atoms with Gasteiger partial charge in [-0.25, -0.2) is 4.79 Å². The molecule has 0 radical (unpaired) electrons. The minimum Gasteiger partial charge on any atom is -0.497 e. The van der Waals surface area contributed by atoms with Crippen LogP contribution in [0.5, 0.6) is 5.75 Å². The van der Waals surface area contributed by atoms with Crippen LogP contribution in [0.25, 0.3) is 0 Å². The van der Waals surface area contributed by atoms with Crippen molar-refractivity contribution in [2.45, 2.75) is 13.5 Å². The second-order valence-electron chi connectivity index (χ2n) is 4.64. The first-order valence-corrected chi connectivity index (χ1v) is 7.59. The largest absolute Gasteiger partial charge is 0.497 e. The lowest BCUT2D eigenvalue weighted by Gasteiger charge is -2.07. The van der Waals surface area contributed by atoms with Crippen LogP contribution in [0.2, 0.25) is 0 Å². The summed E-state index contributed by atoms with van der Waals surface area (Å²) in [4.78, 5) is 24.0. The van der Waals surface area contributed by atoms with Gasteiger partial charge in [0.25, 0.3) is 5.91 Å². The fraction of sp³-hybridized carbons (Fsp3) is 0.250. The Balaban J connectivity index is 1.78. The molecule has 1 heterocycles. The van der Waals surface area contributed by atoms with Crippen LogP contribution in [-0.2, 0) is 16.1 Å². The van der Waals surface area contributed by atoms with Crippen molar-refractivity contribution < 1.29 is 19.1 Å². The van der Waals surface area contributed by atoms with Crippen molar-refractivity contribution in [1.82, 2.24) is 5.32 Å². The number of methoxy groups -OCH3 is 1. The Morgan fingerprint density at radius 3 is 2.77 bits per heavy atom. The molecular formula is C16H17NO4S. The van der Waals surface area contributed by atoms with Crippen LogP contribution >= 0.6 is 11.3 Å². The number of carbonyl (C=O) groups is 2. The second kappa shape index (κ2) is 7.61. The van der Waals surface area contributed by atoms with Crippen molar-refractivity contribution in [2.75, 3.05) is 13.7 Å². The summed E-state index contributed by atoms with van der Waals surface area (Å²) >= 11 is 1.30. The molecule has 6 heteroatoms. The van der Waals surface area contributed by atoms with Gasteiger partial charge in [0.2, 0.25) is 0 Å². The second-order valence-corrected chi connectivity index (χ2v) is 5.55. The Labute approximate surface area is 132 Å². The number of esters is 1. The summed E-state index contributed by atoms with van der Waals surface area (Å²) in [5, 5.41) is 4.51. The highest BCUT2D eigenvalue weighted by Crippen LogP contribution is 2.16. The van der Waals surface area contributed by atoms with Gasteiger partial charge in [-0.2, -0.15) is 0 Å². The molecule has 1 amide bonds. The van der Waals surface area contributed by atoms with Crippen LogP contribution in [0.3, 0.4) is 0 Å². The van der Waals surface area contributed by atoms with Crippen molar-refractivity contribution in [2.24, 2.45) is 0 Å². The van der Waals surface area contributed by atoms with Crippen LogP contribution in [0.4, 0.5) is 0 Å². The highest BCUT2D eigenvalue weighted by molar-refractivity contribution is 7.12. The van der Waals surface area contributed by atoms with Crippen molar-refractivity contribution in [1.29, 1.82) is 0 Å². The Hall–Kier alpha value is -2.34. The maximum atomic E-state index is 11.8. The van der Waals surface area contributed by atoms with Gasteiger partial charge < -0.3 is 14.8 Å². The van der Waals surface area contributed by atoms with Crippen LogP contribution in [0, 0.1) is 6.92 Å². The monoisotopic (exact) mass is 319 g/mol. The van der Waals surface area contributed by atoms with Gasteiger partial charge in [-0.3, -0.25) is 4.79 Å². The maximum absolute atomic E-state index is 11.8.